The average molecular weight is 314 g/mol. The van der Waals surface area contributed by atoms with E-state index in [-0.39, 0.29) is 13.2 Å². The zero-order chi connectivity index (χ0) is 16.8. The summed E-state index contributed by atoms with van der Waals surface area (Å²) in [6.07, 6.45) is 2.28. The van der Waals surface area contributed by atoms with Crippen molar-refractivity contribution in [3.8, 4) is 0 Å². The molecule has 0 fully saturated rings. The van der Waals surface area contributed by atoms with Crippen LogP contribution in [-0.4, -0.2) is 85.5 Å². The molecule has 0 aromatic carbocycles. The summed E-state index contributed by atoms with van der Waals surface area (Å²) in [5.74, 6) is 0. The van der Waals surface area contributed by atoms with E-state index >= 15 is 0 Å². The van der Waals surface area contributed by atoms with Crippen molar-refractivity contribution < 1.29 is 39.5 Å². The highest BCUT2D eigenvalue weighted by atomic mass is 16.5. The third-order valence-corrected chi connectivity index (χ3v) is 1.54. The van der Waals surface area contributed by atoms with Crippen LogP contribution in [0.25, 0.3) is 0 Å². The number of aliphatic hydroxyl groups excluding tert-OH is 2. The maximum absolute atomic E-state index is 8.26. The summed E-state index contributed by atoms with van der Waals surface area (Å²) in [6.45, 7) is 7.82. The highest BCUT2D eigenvalue weighted by Gasteiger charge is 1.92. The fraction of sp³-hybridized carbons (Fsp3) is 1.00. The Bertz CT molecular complexity index is 136. The Kier molecular flexibility index (Phi) is 34.2. The Labute approximate surface area is 127 Å². The van der Waals surface area contributed by atoms with E-state index in [4.69, 9.17) is 39.5 Å². The fourth-order valence-corrected chi connectivity index (χ4v) is 0.842. The molecule has 0 bridgehead atoms. The zero-order valence-electron chi connectivity index (χ0n) is 13.1. The van der Waals surface area contributed by atoms with Crippen LogP contribution in [0, 0.1) is 0 Å². The Balaban J connectivity index is -0.000000256. The van der Waals surface area contributed by atoms with E-state index in [1.165, 1.54) is 0 Å². The van der Waals surface area contributed by atoms with Crippen molar-refractivity contribution in [3.05, 3.63) is 0 Å². The van der Waals surface area contributed by atoms with Gasteiger partial charge in [0.1, 0.15) is 0 Å². The molecule has 0 saturated heterocycles. The lowest BCUT2D eigenvalue weighted by Crippen LogP contribution is -2.09. The summed E-state index contributed by atoms with van der Waals surface area (Å²) in [4.78, 5) is 0. The summed E-state index contributed by atoms with van der Waals surface area (Å²) in [5, 5.41) is 38.0. The van der Waals surface area contributed by atoms with Gasteiger partial charge in [0.2, 0.25) is 0 Å². The predicted molar refractivity (Wildman–Crippen MR) is 79.6 cm³/mol. The normalized spacial score (nSPS) is 9.29. The zero-order valence-corrected chi connectivity index (χ0v) is 13.1. The molecule has 0 aliphatic carbocycles. The van der Waals surface area contributed by atoms with E-state index < -0.39 is 7.32 Å². The lowest BCUT2D eigenvalue weighted by atomic mass is 10.3. The van der Waals surface area contributed by atoms with Gasteiger partial charge in [-0.2, -0.15) is 0 Å². The summed E-state index contributed by atoms with van der Waals surface area (Å²) >= 11 is 0. The fourth-order valence-electron chi connectivity index (χ4n) is 0.842. The first-order valence-electron chi connectivity index (χ1n) is 7.05. The van der Waals surface area contributed by atoms with Crippen LogP contribution in [0.4, 0.5) is 0 Å². The third kappa shape index (κ3) is 53.9. The minimum atomic E-state index is -2.17. The second-order valence-corrected chi connectivity index (χ2v) is 3.63. The quantitative estimate of drug-likeness (QED) is 0.237. The monoisotopic (exact) mass is 314 g/mol. The van der Waals surface area contributed by atoms with Gasteiger partial charge >= 0.3 is 7.32 Å². The lowest BCUT2D eigenvalue weighted by molar-refractivity contribution is 0.0222. The van der Waals surface area contributed by atoms with Gasteiger partial charge in [-0.3, -0.25) is 0 Å². The largest absolute Gasteiger partial charge is 0.631 e. The van der Waals surface area contributed by atoms with Gasteiger partial charge in [-0.1, -0.05) is 13.8 Å². The van der Waals surface area contributed by atoms with E-state index in [1.54, 1.807) is 0 Å². The minimum absolute atomic E-state index is 0.0417. The number of rotatable bonds is 11. The second kappa shape index (κ2) is 28.0. The number of hydrogen-bond donors (Lipinski definition) is 5. The molecule has 0 aliphatic rings. The lowest BCUT2D eigenvalue weighted by Gasteiger charge is -2.01. The Morgan fingerprint density at radius 3 is 1.14 bits per heavy atom. The second-order valence-electron chi connectivity index (χ2n) is 3.63. The molecule has 0 unspecified atom stereocenters. The van der Waals surface area contributed by atoms with Gasteiger partial charge in [-0.15, -0.1) is 0 Å². The number of ether oxygens (including phenoxy) is 3. The maximum Gasteiger partial charge on any atom is 0.631 e. The SMILES string of the molecule is CCCOCCC.OB(O)O.OCCOCCOCCO. The van der Waals surface area contributed by atoms with Crippen LogP contribution in [0.3, 0.4) is 0 Å². The van der Waals surface area contributed by atoms with Gasteiger partial charge in [-0.25, -0.2) is 0 Å². The van der Waals surface area contributed by atoms with Crippen molar-refractivity contribution in [2.75, 3.05) is 52.9 Å². The van der Waals surface area contributed by atoms with Gasteiger partial charge < -0.3 is 39.5 Å². The molecule has 0 rings (SSSR count). The molecule has 0 atom stereocenters. The van der Waals surface area contributed by atoms with Crippen LogP contribution >= 0.6 is 0 Å². The third-order valence-electron chi connectivity index (χ3n) is 1.54. The Morgan fingerprint density at radius 1 is 0.619 bits per heavy atom. The molecule has 0 radical (unpaired) electrons. The van der Waals surface area contributed by atoms with Crippen molar-refractivity contribution in [3.63, 3.8) is 0 Å². The first kappa shape index (κ1) is 25.7. The summed E-state index contributed by atoms with van der Waals surface area (Å²) < 4.78 is 14.9. The van der Waals surface area contributed by atoms with Crippen molar-refractivity contribution in [2.24, 2.45) is 0 Å². The molecule has 0 saturated carbocycles. The van der Waals surface area contributed by atoms with Crippen LogP contribution in [0.2, 0.25) is 0 Å². The molecule has 0 heterocycles. The van der Waals surface area contributed by atoms with Crippen LogP contribution < -0.4 is 0 Å². The topological polar surface area (TPSA) is 129 Å². The van der Waals surface area contributed by atoms with E-state index in [0.29, 0.717) is 26.4 Å². The molecule has 130 valence electrons. The highest BCUT2D eigenvalue weighted by molar-refractivity contribution is 6.30. The van der Waals surface area contributed by atoms with E-state index in [9.17, 15) is 0 Å². The predicted octanol–water partition coefficient (Wildman–Crippen LogP) is -1.22. The summed E-state index contributed by atoms with van der Waals surface area (Å²) in [5.41, 5.74) is 0. The minimum Gasteiger partial charge on any atom is -0.402 e. The summed E-state index contributed by atoms with van der Waals surface area (Å²) in [7, 11) is -2.17. The van der Waals surface area contributed by atoms with E-state index in [2.05, 4.69) is 13.8 Å². The first-order chi connectivity index (χ1) is 10.1. The average Bonchev–Trinajstić information content (AvgIpc) is 2.43. The molecule has 0 aromatic heterocycles. The van der Waals surface area contributed by atoms with Gasteiger partial charge in [0.05, 0.1) is 39.6 Å². The Morgan fingerprint density at radius 2 is 0.905 bits per heavy atom. The molecule has 0 aromatic rings. The van der Waals surface area contributed by atoms with E-state index in [0.717, 1.165) is 26.1 Å². The van der Waals surface area contributed by atoms with Crippen molar-refractivity contribution >= 4 is 7.32 Å². The van der Waals surface area contributed by atoms with Crippen LogP contribution in [-0.2, 0) is 14.2 Å². The molecular formula is C12H31BO8. The molecule has 21 heavy (non-hydrogen) atoms. The molecule has 5 N–H and O–H groups in total. The van der Waals surface area contributed by atoms with Crippen molar-refractivity contribution in [2.45, 2.75) is 26.7 Å². The van der Waals surface area contributed by atoms with Crippen molar-refractivity contribution in [1.29, 1.82) is 0 Å². The Hall–Kier alpha value is -0.255. The van der Waals surface area contributed by atoms with Gasteiger partial charge in [0.15, 0.2) is 0 Å². The van der Waals surface area contributed by atoms with Crippen LogP contribution in [0.1, 0.15) is 26.7 Å². The van der Waals surface area contributed by atoms with Crippen LogP contribution in [0.15, 0.2) is 0 Å². The van der Waals surface area contributed by atoms with E-state index in [1.807, 2.05) is 0 Å². The molecule has 9 heteroatoms. The summed E-state index contributed by atoms with van der Waals surface area (Å²) in [6, 6.07) is 0. The molecule has 0 amide bonds. The number of aliphatic hydroxyl groups is 2. The van der Waals surface area contributed by atoms with Gasteiger partial charge in [0, 0.05) is 13.2 Å². The molecule has 0 aliphatic heterocycles. The van der Waals surface area contributed by atoms with Crippen LogP contribution in [0.5, 0.6) is 0 Å². The first-order valence-corrected chi connectivity index (χ1v) is 7.05. The maximum atomic E-state index is 8.26. The molecule has 8 nitrogen and oxygen atoms in total. The van der Waals surface area contributed by atoms with Crippen molar-refractivity contribution in [1.82, 2.24) is 0 Å². The smallest absolute Gasteiger partial charge is 0.402 e. The molecule has 0 spiro atoms. The standard InChI is InChI=1S/C6H14O4.C6H14O.BH3O3/c7-1-3-9-5-6-10-4-2-8;1-3-5-7-6-4-2;2-1(3)4/h7-8H,1-6H2;3-6H2,1-2H3;2-4H. The van der Waals surface area contributed by atoms with Gasteiger partial charge in [-0.05, 0) is 12.8 Å². The van der Waals surface area contributed by atoms with Gasteiger partial charge in [0.25, 0.3) is 0 Å². The highest BCUT2D eigenvalue weighted by Crippen LogP contribution is 1.81. The molecular weight excluding hydrogens is 283 g/mol. The number of hydrogen-bond acceptors (Lipinski definition) is 8.